The van der Waals surface area contributed by atoms with E-state index in [1.165, 1.54) is 36.0 Å². The number of halogens is 4. The molecule has 0 atom stereocenters. The molecule has 0 aromatic heterocycles. The fourth-order valence-corrected chi connectivity index (χ4v) is 5.14. The van der Waals surface area contributed by atoms with E-state index in [2.05, 4.69) is 44.9 Å². The van der Waals surface area contributed by atoms with Crippen molar-refractivity contribution in [1.82, 2.24) is 5.32 Å². The Morgan fingerprint density at radius 1 is 1.05 bits per heavy atom. The molecule has 3 N–H and O–H groups in total. The molecule has 13 heteroatoms. The van der Waals surface area contributed by atoms with Gasteiger partial charge in [-0.15, -0.1) is 13.2 Å². The number of hydrogen-bond acceptors (Lipinski definition) is 4. The molecule has 0 unspecified atom stereocenters. The van der Waals surface area contributed by atoms with Gasteiger partial charge < -0.3 is 20.7 Å². The van der Waals surface area contributed by atoms with Crippen LogP contribution < -0.4 is 20.7 Å². The average Bonchev–Trinajstić information content (AvgIpc) is 3.00. The Labute approximate surface area is 256 Å². The van der Waals surface area contributed by atoms with Crippen molar-refractivity contribution in [2.24, 2.45) is 20.7 Å². The fraction of sp³-hybridized carbons (Fsp3) is 0.226. The zero-order valence-corrected chi connectivity index (χ0v) is 24.7. The Hall–Kier alpha value is -4.65. The van der Waals surface area contributed by atoms with Crippen molar-refractivity contribution in [3.05, 3.63) is 95.7 Å². The first kappa shape index (κ1) is 32.3. The van der Waals surface area contributed by atoms with E-state index in [-0.39, 0.29) is 17.1 Å². The van der Waals surface area contributed by atoms with Gasteiger partial charge in [-0.3, -0.25) is 0 Å². The van der Waals surface area contributed by atoms with Crippen LogP contribution in [0.3, 0.4) is 0 Å². The van der Waals surface area contributed by atoms with E-state index in [0.29, 0.717) is 22.3 Å². The van der Waals surface area contributed by atoms with Crippen LogP contribution in [-0.4, -0.2) is 42.0 Å². The molecule has 0 saturated carbocycles. The Morgan fingerprint density at radius 2 is 1.73 bits per heavy atom. The highest BCUT2D eigenvalue weighted by molar-refractivity contribution is 8.14. The highest BCUT2D eigenvalue weighted by Gasteiger charge is 2.31. The van der Waals surface area contributed by atoms with E-state index in [1.54, 1.807) is 12.1 Å². The number of ether oxygens (including phenoxy) is 1. The maximum atomic E-state index is 14.8. The first-order chi connectivity index (χ1) is 21.0. The normalized spacial score (nSPS) is 15.7. The summed E-state index contributed by atoms with van der Waals surface area (Å²) in [6.07, 6.45) is -1.73. The van der Waals surface area contributed by atoms with Crippen molar-refractivity contribution in [2.75, 3.05) is 17.2 Å². The van der Waals surface area contributed by atoms with Crippen molar-refractivity contribution in [3.8, 4) is 5.75 Å². The number of amidine groups is 2. The summed E-state index contributed by atoms with van der Waals surface area (Å²) in [7, 11) is 0. The number of amides is 2. The summed E-state index contributed by atoms with van der Waals surface area (Å²) in [6.45, 7) is 4.95. The third kappa shape index (κ3) is 9.17. The van der Waals surface area contributed by atoms with Gasteiger partial charge in [0.2, 0.25) is 0 Å². The number of benzene rings is 3. The number of thioether (sulfide) groups is 1. The predicted molar refractivity (Wildman–Crippen MR) is 168 cm³/mol. The average molecular weight is 627 g/mol. The van der Waals surface area contributed by atoms with Gasteiger partial charge in [0, 0.05) is 35.3 Å². The molecular weight excluding hydrogens is 596 g/mol. The third-order valence-corrected chi connectivity index (χ3v) is 7.35. The van der Waals surface area contributed by atoms with Crippen molar-refractivity contribution in [1.29, 1.82) is 0 Å². The van der Waals surface area contributed by atoms with Gasteiger partial charge in [-0.25, -0.2) is 19.2 Å². The minimum absolute atomic E-state index is 0.0828. The molecule has 1 aliphatic heterocycles. The number of hydrogen-bond donors (Lipinski definition) is 2. The van der Waals surface area contributed by atoms with Gasteiger partial charge in [0.15, 0.2) is 5.17 Å². The maximum absolute atomic E-state index is 14.8. The lowest BCUT2D eigenvalue weighted by atomic mass is 10.0. The maximum Gasteiger partial charge on any atom is 0.573 e. The smallest absolute Gasteiger partial charge is 0.406 e. The first-order valence-corrected chi connectivity index (χ1v) is 14.6. The molecular formula is C31H30F4N6O2S. The zero-order chi connectivity index (χ0) is 31.7. The number of carbonyl (C=O) groups is 1. The highest BCUT2D eigenvalue weighted by atomic mass is 32.2. The number of urea groups is 1. The van der Waals surface area contributed by atoms with E-state index in [9.17, 15) is 22.4 Å². The zero-order valence-electron chi connectivity index (χ0n) is 23.9. The summed E-state index contributed by atoms with van der Waals surface area (Å²) >= 11 is 1.48. The second kappa shape index (κ2) is 14.7. The van der Waals surface area contributed by atoms with Crippen LogP contribution in [0.4, 0.5) is 33.7 Å². The van der Waals surface area contributed by atoms with Crippen LogP contribution in [0.5, 0.6) is 5.75 Å². The van der Waals surface area contributed by atoms with Crippen LogP contribution in [0.25, 0.3) is 5.83 Å². The minimum atomic E-state index is -4.78. The van der Waals surface area contributed by atoms with Gasteiger partial charge in [-0.2, -0.15) is 4.99 Å². The van der Waals surface area contributed by atoms with Crippen molar-refractivity contribution < 1.29 is 27.1 Å². The molecule has 3 aromatic rings. The number of anilines is 1. The highest BCUT2D eigenvalue weighted by Crippen LogP contribution is 2.32. The quantitative estimate of drug-likeness (QED) is 0.151. The lowest BCUT2D eigenvalue weighted by Gasteiger charge is -2.31. The summed E-state index contributed by atoms with van der Waals surface area (Å²) in [5.41, 5.74) is 9.15. The molecule has 2 amide bonds. The number of carbonyl (C=O) groups excluding carboxylic acids is 1. The Morgan fingerprint density at radius 3 is 2.41 bits per heavy atom. The van der Waals surface area contributed by atoms with Crippen molar-refractivity contribution in [2.45, 2.75) is 32.5 Å². The molecule has 1 fully saturated rings. The Kier molecular flexibility index (Phi) is 10.8. The second-order valence-electron chi connectivity index (χ2n) is 9.78. The van der Waals surface area contributed by atoms with Crippen LogP contribution >= 0.6 is 11.8 Å². The molecule has 44 heavy (non-hydrogen) atoms. The van der Waals surface area contributed by atoms with E-state index in [0.717, 1.165) is 54.6 Å². The third-order valence-electron chi connectivity index (χ3n) is 6.29. The van der Waals surface area contributed by atoms with Crippen LogP contribution in [-0.2, 0) is 0 Å². The van der Waals surface area contributed by atoms with E-state index in [1.807, 2.05) is 23.1 Å². The van der Waals surface area contributed by atoms with Gasteiger partial charge >= 0.3 is 12.4 Å². The van der Waals surface area contributed by atoms with Gasteiger partial charge in [0.05, 0.1) is 5.69 Å². The number of para-hydroxylation sites is 1. The van der Waals surface area contributed by atoms with Crippen LogP contribution in [0, 0.1) is 0 Å². The largest absolute Gasteiger partial charge is 0.573 e. The summed E-state index contributed by atoms with van der Waals surface area (Å²) in [6, 6.07) is 18.3. The summed E-state index contributed by atoms with van der Waals surface area (Å²) < 4.78 is 55.5. The molecule has 0 radical (unpaired) electrons. The molecule has 1 aliphatic rings. The van der Waals surface area contributed by atoms with E-state index >= 15 is 0 Å². The molecule has 0 aliphatic carbocycles. The Bertz CT molecular complexity index is 1570. The van der Waals surface area contributed by atoms with E-state index in [4.69, 9.17) is 5.73 Å². The summed E-state index contributed by atoms with van der Waals surface area (Å²) in [4.78, 5) is 26.9. The molecule has 4 rings (SSSR count). The van der Waals surface area contributed by atoms with Gasteiger partial charge in [-0.1, -0.05) is 68.1 Å². The number of rotatable bonds is 8. The van der Waals surface area contributed by atoms with Gasteiger partial charge in [0.1, 0.15) is 23.8 Å². The van der Waals surface area contributed by atoms with Crippen molar-refractivity contribution in [3.63, 3.8) is 0 Å². The van der Waals surface area contributed by atoms with E-state index < -0.39 is 18.2 Å². The van der Waals surface area contributed by atoms with Crippen LogP contribution in [0.2, 0.25) is 0 Å². The monoisotopic (exact) mass is 626 g/mol. The number of aliphatic imine (C=N–C) groups is 3. The standard InChI is InChI=1S/C31H30F4N6O2S/c1-20(2)25-6-3-4-7-27(25)41-16-5-17-44-30(41)40-29(42)37-18-26(32)21-8-10-22(11-9-21)28(36)39-19-38-23-12-14-24(15-13-23)43-31(33,34)35/h3-4,6-15,18-20H,5,16-17H2,1-2H3,(H,37,42)(H2,36,38,39)/b26-18-,40-30?. The summed E-state index contributed by atoms with van der Waals surface area (Å²) in [5.74, 6) is 0.155. The fourth-order valence-electron chi connectivity index (χ4n) is 4.19. The van der Waals surface area contributed by atoms with Crippen LogP contribution in [0.15, 0.2) is 94.0 Å². The lowest BCUT2D eigenvalue weighted by molar-refractivity contribution is -0.274. The number of alkyl halides is 3. The van der Waals surface area contributed by atoms with Crippen molar-refractivity contribution >= 4 is 52.3 Å². The lowest BCUT2D eigenvalue weighted by Crippen LogP contribution is -2.36. The first-order valence-electron chi connectivity index (χ1n) is 13.6. The molecule has 230 valence electrons. The molecule has 1 heterocycles. The summed E-state index contributed by atoms with van der Waals surface area (Å²) in [5, 5.41) is 2.96. The topological polar surface area (TPSA) is 105 Å². The molecule has 3 aromatic carbocycles. The minimum Gasteiger partial charge on any atom is -0.406 e. The SMILES string of the molecule is CC(C)c1ccccc1N1CCCSC1=NC(=O)N/C=C(\F)c1ccc(C(N)=NC=Nc2ccc(OC(F)(F)F)cc2)cc1. The Balaban J connectivity index is 1.37. The second-order valence-corrected chi connectivity index (χ2v) is 10.8. The molecule has 8 nitrogen and oxygen atoms in total. The van der Waals surface area contributed by atoms with Gasteiger partial charge in [-0.05, 0) is 48.2 Å². The predicted octanol–water partition coefficient (Wildman–Crippen LogP) is 7.75. The number of nitrogens with zero attached hydrogens (tertiary/aromatic N) is 4. The number of nitrogens with two attached hydrogens (primary N) is 1. The molecule has 0 spiro atoms. The van der Waals surface area contributed by atoms with Crippen LogP contribution in [0.1, 0.15) is 42.9 Å². The molecule has 0 bridgehead atoms. The number of nitrogens with one attached hydrogen (secondary N) is 1. The molecule has 1 saturated heterocycles. The van der Waals surface area contributed by atoms with Gasteiger partial charge in [0.25, 0.3) is 0 Å².